The molecule has 29 heavy (non-hydrogen) atoms. The molecule has 0 atom stereocenters. The molecule has 3 aromatic rings. The van der Waals surface area contributed by atoms with Crippen LogP contribution in [0, 0.1) is 6.92 Å². The Morgan fingerprint density at radius 3 is 2.52 bits per heavy atom. The van der Waals surface area contributed by atoms with E-state index in [-0.39, 0.29) is 12.6 Å². The minimum absolute atomic E-state index is 0.206. The van der Waals surface area contributed by atoms with Gasteiger partial charge < -0.3 is 9.47 Å². The van der Waals surface area contributed by atoms with E-state index in [1.807, 2.05) is 13.0 Å². The fourth-order valence-electron chi connectivity index (χ4n) is 3.82. The van der Waals surface area contributed by atoms with Crippen molar-refractivity contribution in [2.24, 2.45) is 0 Å². The Balaban J connectivity index is 1.51. The average Bonchev–Trinajstić information content (AvgIpc) is 3.10. The lowest BCUT2D eigenvalue weighted by Crippen LogP contribution is -2.12. The molecule has 0 bridgehead atoms. The summed E-state index contributed by atoms with van der Waals surface area (Å²) in [6.07, 6.45) is 0.965. The third kappa shape index (κ3) is 3.81. The average molecular weight is 384 g/mol. The molecule has 1 aliphatic carbocycles. The lowest BCUT2D eigenvalue weighted by atomic mass is 9.94. The van der Waals surface area contributed by atoms with Crippen molar-refractivity contribution in [2.45, 2.75) is 20.3 Å². The molecule has 0 radical (unpaired) electrons. The third-order valence-corrected chi connectivity index (χ3v) is 5.26. The van der Waals surface area contributed by atoms with Gasteiger partial charge in [-0.25, -0.2) is 4.79 Å². The number of carbonyl (C=O) groups is 1. The van der Waals surface area contributed by atoms with Crippen molar-refractivity contribution in [3.8, 4) is 28.0 Å². The van der Waals surface area contributed by atoms with Crippen molar-refractivity contribution >= 4 is 5.97 Å². The fourth-order valence-corrected chi connectivity index (χ4v) is 3.82. The van der Waals surface area contributed by atoms with E-state index >= 15 is 0 Å². The first kappa shape index (κ1) is 19.0. The van der Waals surface area contributed by atoms with Gasteiger partial charge in [0.1, 0.15) is 19.0 Å². The molecule has 0 aromatic heterocycles. The quantitative estimate of drug-likeness (QED) is 0.242. The van der Waals surface area contributed by atoms with Crippen molar-refractivity contribution in [2.75, 3.05) is 13.2 Å². The molecule has 4 rings (SSSR count). The summed E-state index contributed by atoms with van der Waals surface area (Å²) in [6.45, 7) is 7.76. The molecule has 0 unspecified atom stereocenters. The van der Waals surface area contributed by atoms with Gasteiger partial charge in [-0.2, -0.15) is 0 Å². The molecule has 0 spiro atoms. The highest BCUT2D eigenvalue weighted by molar-refractivity contribution is 5.87. The summed E-state index contributed by atoms with van der Waals surface area (Å²) in [5.41, 5.74) is 9.34. The Hall–Kier alpha value is -3.33. The summed E-state index contributed by atoms with van der Waals surface area (Å²) >= 11 is 0. The summed E-state index contributed by atoms with van der Waals surface area (Å²) in [6, 6.07) is 21.4. The first-order chi connectivity index (χ1) is 14.0. The van der Waals surface area contributed by atoms with Crippen LogP contribution in [0.15, 0.2) is 72.8 Å². The van der Waals surface area contributed by atoms with E-state index < -0.39 is 0 Å². The summed E-state index contributed by atoms with van der Waals surface area (Å²) in [5, 5.41) is 0. The van der Waals surface area contributed by atoms with Gasteiger partial charge in [-0.1, -0.05) is 55.1 Å². The molecule has 0 saturated heterocycles. The number of fused-ring (bicyclic) bond motifs is 3. The Bertz CT molecular complexity index is 1090. The van der Waals surface area contributed by atoms with Crippen LogP contribution in [0.2, 0.25) is 0 Å². The molecule has 0 amide bonds. The summed E-state index contributed by atoms with van der Waals surface area (Å²) in [4.78, 5) is 11.4. The topological polar surface area (TPSA) is 35.5 Å². The highest BCUT2D eigenvalue weighted by Crippen LogP contribution is 2.41. The summed E-state index contributed by atoms with van der Waals surface area (Å²) in [7, 11) is 0. The van der Waals surface area contributed by atoms with Crippen molar-refractivity contribution in [1.82, 2.24) is 0 Å². The zero-order valence-electron chi connectivity index (χ0n) is 16.8. The van der Waals surface area contributed by atoms with Gasteiger partial charge in [-0.05, 0) is 71.3 Å². The van der Waals surface area contributed by atoms with Crippen molar-refractivity contribution in [1.29, 1.82) is 0 Å². The monoisotopic (exact) mass is 384 g/mol. The summed E-state index contributed by atoms with van der Waals surface area (Å²) in [5.74, 6) is 0.413. The van der Waals surface area contributed by atoms with E-state index in [2.05, 4.69) is 61.2 Å². The lowest BCUT2D eigenvalue weighted by molar-refractivity contribution is -0.139. The van der Waals surface area contributed by atoms with E-state index in [1.54, 1.807) is 6.92 Å². The number of hydrogen-bond acceptors (Lipinski definition) is 3. The zero-order valence-corrected chi connectivity index (χ0v) is 16.8. The number of ether oxygens (including phenoxy) is 2. The second-order valence-corrected chi connectivity index (χ2v) is 7.41. The predicted octanol–water partition coefficient (Wildman–Crippen LogP) is 5.73. The minimum Gasteiger partial charge on any atom is -0.490 e. The number of benzene rings is 3. The maximum atomic E-state index is 11.4. The fraction of sp³-hybridized carbons (Fsp3) is 0.192. The molecule has 0 fully saturated rings. The van der Waals surface area contributed by atoms with Crippen molar-refractivity contribution in [3.63, 3.8) is 0 Å². The number of hydrogen-bond donors (Lipinski definition) is 0. The molecule has 0 heterocycles. The van der Waals surface area contributed by atoms with Gasteiger partial charge in [0.05, 0.1) is 0 Å². The molecule has 0 aliphatic heterocycles. The van der Waals surface area contributed by atoms with Crippen LogP contribution in [0.5, 0.6) is 5.75 Å². The smallest absolute Gasteiger partial charge is 0.333 e. The highest BCUT2D eigenvalue weighted by Gasteiger charge is 2.21. The Morgan fingerprint density at radius 2 is 1.72 bits per heavy atom. The van der Waals surface area contributed by atoms with E-state index in [0.717, 1.165) is 17.7 Å². The van der Waals surface area contributed by atoms with Gasteiger partial charge in [-0.15, -0.1) is 0 Å². The van der Waals surface area contributed by atoms with Crippen molar-refractivity contribution < 1.29 is 14.3 Å². The molecule has 3 aromatic carbocycles. The maximum Gasteiger partial charge on any atom is 0.333 e. The lowest BCUT2D eigenvalue weighted by Gasteiger charge is -2.13. The molecule has 146 valence electrons. The first-order valence-corrected chi connectivity index (χ1v) is 9.81. The van der Waals surface area contributed by atoms with Gasteiger partial charge in [0.15, 0.2) is 0 Å². The standard InChI is InChI=1S/C26H24O3/c1-17(2)26(27)29-14-13-28-25-12-11-20(15-18(25)3)22-9-6-10-23-21-8-5-4-7-19(21)16-24(22)23/h4-12,15H,1,13-14,16H2,2-3H3. The van der Waals surface area contributed by atoms with Crippen LogP contribution in [0.3, 0.4) is 0 Å². The Morgan fingerprint density at radius 1 is 0.966 bits per heavy atom. The Kier molecular flexibility index (Phi) is 5.22. The van der Waals surface area contributed by atoms with E-state index in [1.165, 1.54) is 33.4 Å². The van der Waals surface area contributed by atoms with Crippen LogP contribution in [-0.4, -0.2) is 19.2 Å². The highest BCUT2D eigenvalue weighted by atomic mass is 16.6. The van der Waals surface area contributed by atoms with Gasteiger partial charge in [-0.3, -0.25) is 0 Å². The SMILES string of the molecule is C=C(C)C(=O)OCCOc1ccc(-c2cccc3c2Cc2ccccc2-3)cc1C. The molecular weight excluding hydrogens is 360 g/mol. The minimum atomic E-state index is -0.389. The Labute approximate surface area is 171 Å². The van der Waals surface area contributed by atoms with Crippen LogP contribution in [0.4, 0.5) is 0 Å². The molecule has 3 nitrogen and oxygen atoms in total. The van der Waals surface area contributed by atoms with Crippen LogP contribution >= 0.6 is 0 Å². The zero-order chi connectivity index (χ0) is 20.4. The number of esters is 1. The van der Waals surface area contributed by atoms with Gasteiger partial charge >= 0.3 is 5.97 Å². The first-order valence-electron chi connectivity index (χ1n) is 9.81. The van der Waals surface area contributed by atoms with Crippen molar-refractivity contribution in [3.05, 3.63) is 89.5 Å². The van der Waals surface area contributed by atoms with Gasteiger partial charge in [0.2, 0.25) is 0 Å². The van der Waals surface area contributed by atoms with Crippen LogP contribution < -0.4 is 4.74 Å². The molecular formula is C26H24O3. The van der Waals surface area contributed by atoms with Crippen LogP contribution in [0.25, 0.3) is 22.3 Å². The predicted molar refractivity (Wildman–Crippen MR) is 116 cm³/mol. The van der Waals surface area contributed by atoms with Gasteiger partial charge in [0, 0.05) is 5.57 Å². The van der Waals surface area contributed by atoms with E-state index in [4.69, 9.17) is 9.47 Å². The number of aryl methyl sites for hydroxylation is 1. The molecule has 0 saturated carbocycles. The van der Waals surface area contributed by atoms with Crippen LogP contribution in [-0.2, 0) is 16.0 Å². The van der Waals surface area contributed by atoms with Crippen LogP contribution in [0.1, 0.15) is 23.6 Å². The number of rotatable bonds is 6. The normalized spacial score (nSPS) is 11.5. The molecule has 0 N–H and O–H groups in total. The van der Waals surface area contributed by atoms with E-state index in [9.17, 15) is 4.79 Å². The largest absolute Gasteiger partial charge is 0.490 e. The van der Waals surface area contributed by atoms with Gasteiger partial charge in [0.25, 0.3) is 0 Å². The third-order valence-electron chi connectivity index (χ3n) is 5.26. The molecule has 3 heteroatoms. The second-order valence-electron chi connectivity index (χ2n) is 7.41. The van der Waals surface area contributed by atoms with E-state index in [0.29, 0.717) is 12.2 Å². The number of carbonyl (C=O) groups excluding carboxylic acids is 1. The maximum absolute atomic E-state index is 11.4. The molecule has 1 aliphatic rings. The summed E-state index contributed by atoms with van der Waals surface area (Å²) < 4.78 is 10.9. The second kappa shape index (κ2) is 7.96.